The van der Waals surface area contributed by atoms with Crippen molar-refractivity contribution in [2.24, 2.45) is 17.3 Å². The van der Waals surface area contributed by atoms with Crippen molar-refractivity contribution in [2.45, 2.75) is 32.1 Å². The van der Waals surface area contributed by atoms with E-state index in [2.05, 4.69) is 6.58 Å². The fraction of sp³-hybridized carbons (Fsp3) is 0.625. The molecule has 2 aliphatic rings. The van der Waals surface area contributed by atoms with Crippen LogP contribution in [0.2, 0.25) is 0 Å². The molecule has 2 unspecified atom stereocenters. The van der Waals surface area contributed by atoms with Crippen molar-refractivity contribution in [3.8, 4) is 0 Å². The molecule has 0 spiro atoms. The van der Waals surface area contributed by atoms with Crippen LogP contribution in [0.15, 0.2) is 24.3 Å². The van der Waals surface area contributed by atoms with Gasteiger partial charge in [-0.15, -0.1) is 6.58 Å². The molecule has 20 heavy (non-hydrogen) atoms. The SMILES string of the molecule is C=CC1CC(C(=O)OC)(C(=O)OC)C=C2CCCCC21. The average molecular weight is 278 g/mol. The van der Waals surface area contributed by atoms with Gasteiger partial charge >= 0.3 is 11.9 Å². The monoisotopic (exact) mass is 278 g/mol. The van der Waals surface area contributed by atoms with Crippen LogP contribution < -0.4 is 0 Å². The Morgan fingerprint density at radius 3 is 2.50 bits per heavy atom. The summed E-state index contributed by atoms with van der Waals surface area (Å²) in [7, 11) is 2.61. The maximum absolute atomic E-state index is 12.2. The Hall–Kier alpha value is -1.58. The minimum atomic E-state index is -1.30. The summed E-state index contributed by atoms with van der Waals surface area (Å²) in [5.41, 5.74) is -0.117. The Kier molecular flexibility index (Phi) is 4.31. The molecule has 1 saturated carbocycles. The first-order valence-corrected chi connectivity index (χ1v) is 7.10. The summed E-state index contributed by atoms with van der Waals surface area (Å²) in [4.78, 5) is 24.4. The molecule has 110 valence electrons. The van der Waals surface area contributed by atoms with Crippen molar-refractivity contribution < 1.29 is 19.1 Å². The topological polar surface area (TPSA) is 52.6 Å². The number of allylic oxidation sites excluding steroid dienone is 2. The molecule has 0 amide bonds. The normalized spacial score (nSPS) is 27.8. The largest absolute Gasteiger partial charge is 0.468 e. The summed E-state index contributed by atoms with van der Waals surface area (Å²) in [5, 5.41) is 0. The van der Waals surface area contributed by atoms with Crippen LogP contribution in [0.1, 0.15) is 32.1 Å². The Bertz CT molecular complexity index is 433. The maximum atomic E-state index is 12.2. The van der Waals surface area contributed by atoms with Crippen molar-refractivity contribution in [3.05, 3.63) is 24.3 Å². The number of esters is 2. The summed E-state index contributed by atoms with van der Waals surface area (Å²) < 4.78 is 9.74. The van der Waals surface area contributed by atoms with E-state index in [-0.39, 0.29) is 5.92 Å². The van der Waals surface area contributed by atoms with Gasteiger partial charge in [0, 0.05) is 0 Å². The highest BCUT2D eigenvalue weighted by atomic mass is 16.5. The molecular formula is C16H22O4. The van der Waals surface area contributed by atoms with Crippen LogP contribution in [-0.2, 0) is 19.1 Å². The third-order valence-electron chi connectivity index (χ3n) is 4.62. The Labute approximate surface area is 119 Å². The predicted molar refractivity (Wildman–Crippen MR) is 74.8 cm³/mol. The molecule has 0 aromatic rings. The van der Waals surface area contributed by atoms with E-state index >= 15 is 0 Å². The quantitative estimate of drug-likeness (QED) is 0.452. The molecule has 0 aromatic heterocycles. The highest BCUT2D eigenvalue weighted by Gasteiger charge is 2.52. The van der Waals surface area contributed by atoms with Gasteiger partial charge in [-0.05, 0) is 37.5 Å². The van der Waals surface area contributed by atoms with Gasteiger partial charge in [-0.1, -0.05) is 24.1 Å². The van der Waals surface area contributed by atoms with Gasteiger partial charge in [-0.25, -0.2) is 0 Å². The predicted octanol–water partition coefficient (Wildman–Crippen LogP) is 2.64. The minimum absolute atomic E-state index is 0.119. The van der Waals surface area contributed by atoms with E-state index in [0.29, 0.717) is 12.3 Å². The molecule has 0 aromatic carbocycles. The summed E-state index contributed by atoms with van der Waals surface area (Å²) in [5.74, 6) is -0.544. The van der Waals surface area contributed by atoms with E-state index in [9.17, 15) is 9.59 Å². The number of carbonyl (C=O) groups is 2. The second kappa shape index (κ2) is 5.81. The van der Waals surface area contributed by atoms with Crippen LogP contribution in [0.3, 0.4) is 0 Å². The molecule has 1 fully saturated rings. The lowest BCUT2D eigenvalue weighted by Gasteiger charge is -2.41. The van der Waals surface area contributed by atoms with Gasteiger partial charge in [0.25, 0.3) is 0 Å². The third kappa shape index (κ3) is 2.28. The zero-order valence-electron chi connectivity index (χ0n) is 12.2. The number of carbonyl (C=O) groups excluding carboxylic acids is 2. The van der Waals surface area contributed by atoms with Gasteiger partial charge in [0.05, 0.1) is 14.2 Å². The van der Waals surface area contributed by atoms with Crippen LogP contribution in [-0.4, -0.2) is 26.2 Å². The molecule has 2 atom stereocenters. The Morgan fingerprint density at radius 2 is 1.95 bits per heavy atom. The van der Waals surface area contributed by atoms with Crippen molar-refractivity contribution in [2.75, 3.05) is 14.2 Å². The summed E-state index contributed by atoms with van der Waals surface area (Å²) in [6.45, 7) is 3.88. The van der Waals surface area contributed by atoms with Crippen LogP contribution in [0, 0.1) is 17.3 Å². The molecule has 4 heteroatoms. The van der Waals surface area contributed by atoms with Crippen molar-refractivity contribution in [3.63, 3.8) is 0 Å². The standard InChI is InChI=1S/C16H22O4/c1-4-11-9-16(14(17)19-2,15(18)20-3)10-12-7-5-6-8-13(11)12/h4,10-11,13H,1,5-9H2,2-3H3. The fourth-order valence-corrected chi connectivity index (χ4v) is 3.60. The molecule has 0 radical (unpaired) electrons. The first-order valence-electron chi connectivity index (χ1n) is 7.10. The molecule has 2 rings (SSSR count). The zero-order chi connectivity index (χ0) is 14.8. The van der Waals surface area contributed by atoms with Crippen LogP contribution >= 0.6 is 0 Å². The second-order valence-electron chi connectivity index (χ2n) is 5.63. The molecule has 4 nitrogen and oxygen atoms in total. The van der Waals surface area contributed by atoms with E-state index in [1.54, 1.807) is 0 Å². The van der Waals surface area contributed by atoms with Gasteiger partial charge in [0.15, 0.2) is 5.41 Å². The van der Waals surface area contributed by atoms with Crippen LogP contribution in [0.5, 0.6) is 0 Å². The lowest BCUT2D eigenvalue weighted by molar-refractivity contribution is -0.167. The summed E-state index contributed by atoms with van der Waals surface area (Å²) in [6, 6.07) is 0. The molecular weight excluding hydrogens is 256 g/mol. The summed E-state index contributed by atoms with van der Waals surface area (Å²) >= 11 is 0. The number of methoxy groups -OCH3 is 2. The summed E-state index contributed by atoms with van der Waals surface area (Å²) in [6.07, 6.45) is 8.40. The van der Waals surface area contributed by atoms with E-state index < -0.39 is 17.4 Å². The number of rotatable bonds is 3. The van der Waals surface area contributed by atoms with Crippen molar-refractivity contribution >= 4 is 11.9 Å². The van der Waals surface area contributed by atoms with Crippen LogP contribution in [0.4, 0.5) is 0 Å². The lowest BCUT2D eigenvalue weighted by atomic mass is 9.63. The van der Waals surface area contributed by atoms with E-state index in [0.717, 1.165) is 19.3 Å². The number of hydrogen-bond acceptors (Lipinski definition) is 4. The maximum Gasteiger partial charge on any atom is 0.327 e. The molecule has 0 bridgehead atoms. The van der Waals surface area contributed by atoms with Crippen molar-refractivity contribution in [1.29, 1.82) is 0 Å². The minimum Gasteiger partial charge on any atom is -0.468 e. The Balaban J connectivity index is 2.48. The van der Waals surface area contributed by atoms with Gasteiger partial charge in [0.2, 0.25) is 0 Å². The first-order chi connectivity index (χ1) is 9.58. The zero-order valence-corrected chi connectivity index (χ0v) is 12.2. The van der Waals surface area contributed by atoms with Crippen LogP contribution in [0.25, 0.3) is 0 Å². The number of fused-ring (bicyclic) bond motifs is 1. The Morgan fingerprint density at radius 1 is 1.30 bits per heavy atom. The third-order valence-corrected chi connectivity index (χ3v) is 4.62. The highest BCUT2D eigenvalue weighted by Crippen LogP contribution is 2.48. The van der Waals surface area contributed by atoms with E-state index in [1.807, 2.05) is 12.2 Å². The molecule has 0 saturated heterocycles. The molecule has 0 N–H and O–H groups in total. The molecule has 0 heterocycles. The first kappa shape index (κ1) is 14.8. The van der Waals surface area contributed by atoms with Gasteiger partial charge in [-0.2, -0.15) is 0 Å². The number of hydrogen-bond donors (Lipinski definition) is 0. The van der Waals surface area contributed by atoms with Crippen molar-refractivity contribution in [1.82, 2.24) is 0 Å². The van der Waals surface area contributed by atoms with E-state index in [4.69, 9.17) is 9.47 Å². The van der Waals surface area contributed by atoms with Gasteiger partial charge in [-0.3, -0.25) is 9.59 Å². The van der Waals surface area contributed by atoms with E-state index in [1.165, 1.54) is 26.2 Å². The molecule has 0 aliphatic heterocycles. The highest BCUT2D eigenvalue weighted by molar-refractivity contribution is 6.02. The average Bonchev–Trinajstić information content (AvgIpc) is 2.51. The fourth-order valence-electron chi connectivity index (χ4n) is 3.60. The number of ether oxygens (including phenoxy) is 2. The lowest BCUT2D eigenvalue weighted by Crippen LogP contribution is -2.45. The smallest absolute Gasteiger partial charge is 0.327 e. The molecule has 2 aliphatic carbocycles. The second-order valence-corrected chi connectivity index (χ2v) is 5.63. The van der Waals surface area contributed by atoms with Gasteiger partial charge in [0.1, 0.15) is 0 Å². The van der Waals surface area contributed by atoms with Gasteiger partial charge < -0.3 is 9.47 Å².